The molecule has 26 heavy (non-hydrogen) atoms. The average Bonchev–Trinajstić information content (AvgIpc) is 3.01. The first kappa shape index (κ1) is 18.9. The minimum atomic E-state index is 0.282. The molecular formula is C22H31N3O. The van der Waals surface area contributed by atoms with Crippen molar-refractivity contribution in [3.05, 3.63) is 48.2 Å². The Morgan fingerprint density at radius 2 is 2.04 bits per heavy atom. The summed E-state index contributed by atoms with van der Waals surface area (Å²) in [4.78, 5) is 9.38. The molecule has 4 heteroatoms. The molecule has 0 amide bonds. The average molecular weight is 354 g/mol. The lowest BCUT2D eigenvalue weighted by molar-refractivity contribution is 0.163. The van der Waals surface area contributed by atoms with Crippen LogP contribution in [0.15, 0.2) is 42.6 Å². The molecule has 1 aromatic carbocycles. The monoisotopic (exact) mass is 353 g/mol. The minimum Gasteiger partial charge on any atom is -0.508 e. The highest BCUT2D eigenvalue weighted by molar-refractivity contribution is 5.61. The molecule has 1 N–H and O–H groups in total. The van der Waals surface area contributed by atoms with E-state index in [2.05, 4.69) is 54.9 Å². The number of likely N-dealkylation sites (tertiary alicyclic amines) is 1. The van der Waals surface area contributed by atoms with Gasteiger partial charge in [-0.15, -0.1) is 0 Å². The number of benzene rings is 1. The predicted molar refractivity (Wildman–Crippen MR) is 107 cm³/mol. The van der Waals surface area contributed by atoms with E-state index >= 15 is 0 Å². The first-order valence-electron chi connectivity index (χ1n) is 9.45. The Balaban J connectivity index is 1.68. The second kappa shape index (κ2) is 7.77. The van der Waals surface area contributed by atoms with Crippen molar-refractivity contribution in [2.45, 2.75) is 26.2 Å². The Kier molecular flexibility index (Phi) is 5.64. The number of phenols is 1. The van der Waals surface area contributed by atoms with Crippen LogP contribution in [0.25, 0.3) is 11.3 Å². The van der Waals surface area contributed by atoms with Gasteiger partial charge in [-0.25, -0.2) is 0 Å². The predicted octanol–water partition coefficient (Wildman–Crippen LogP) is 3.83. The van der Waals surface area contributed by atoms with E-state index in [9.17, 15) is 5.11 Å². The molecular weight excluding hydrogens is 322 g/mol. The first-order valence-corrected chi connectivity index (χ1v) is 9.45. The summed E-state index contributed by atoms with van der Waals surface area (Å²) in [5.41, 5.74) is 3.55. The van der Waals surface area contributed by atoms with Crippen LogP contribution in [-0.4, -0.2) is 60.2 Å². The molecule has 3 rings (SSSR count). The third kappa shape index (κ3) is 4.83. The van der Waals surface area contributed by atoms with Gasteiger partial charge >= 0.3 is 0 Å². The zero-order chi connectivity index (χ0) is 18.7. The maximum Gasteiger partial charge on any atom is 0.116 e. The number of aromatic hydroxyl groups is 1. The van der Waals surface area contributed by atoms with Gasteiger partial charge in [0.25, 0.3) is 0 Å². The highest BCUT2D eigenvalue weighted by Gasteiger charge is 2.29. The maximum absolute atomic E-state index is 9.72. The van der Waals surface area contributed by atoms with Crippen molar-refractivity contribution in [2.24, 2.45) is 5.41 Å². The summed E-state index contributed by atoms with van der Waals surface area (Å²) in [6.45, 7) is 9.21. The van der Waals surface area contributed by atoms with Gasteiger partial charge in [-0.2, -0.15) is 0 Å². The molecule has 2 heterocycles. The molecule has 0 bridgehead atoms. The van der Waals surface area contributed by atoms with E-state index in [0.29, 0.717) is 11.3 Å². The number of hydrogen-bond donors (Lipinski definition) is 1. The summed E-state index contributed by atoms with van der Waals surface area (Å²) >= 11 is 0. The summed E-state index contributed by atoms with van der Waals surface area (Å²) in [6, 6.07) is 11.7. The quantitative estimate of drug-likeness (QED) is 0.857. The lowest BCUT2D eigenvalue weighted by Crippen LogP contribution is -2.39. The molecule has 1 aromatic heterocycles. The lowest BCUT2D eigenvalue weighted by atomic mass is 9.92. The van der Waals surface area contributed by atoms with Gasteiger partial charge in [0, 0.05) is 31.4 Å². The Labute approximate surface area is 157 Å². The van der Waals surface area contributed by atoms with Crippen LogP contribution in [0.5, 0.6) is 5.75 Å². The summed E-state index contributed by atoms with van der Waals surface area (Å²) in [5.74, 6) is 0.842. The Bertz CT molecular complexity index is 742. The van der Waals surface area contributed by atoms with Crippen molar-refractivity contribution >= 4 is 0 Å². The van der Waals surface area contributed by atoms with Gasteiger partial charge in [0.15, 0.2) is 0 Å². The molecule has 1 aliphatic heterocycles. The Hall–Kier alpha value is -1.91. The number of hydrogen-bond acceptors (Lipinski definition) is 4. The largest absolute Gasteiger partial charge is 0.508 e. The molecule has 1 aliphatic rings. The van der Waals surface area contributed by atoms with Gasteiger partial charge < -0.3 is 14.9 Å². The summed E-state index contributed by atoms with van der Waals surface area (Å²) in [7, 11) is 4.29. The highest BCUT2D eigenvalue weighted by Crippen LogP contribution is 2.31. The fourth-order valence-electron chi connectivity index (χ4n) is 4.28. The van der Waals surface area contributed by atoms with Crippen molar-refractivity contribution in [2.75, 3.05) is 40.3 Å². The van der Waals surface area contributed by atoms with Gasteiger partial charge in [-0.05, 0) is 68.2 Å². The van der Waals surface area contributed by atoms with Crippen LogP contribution in [-0.2, 0) is 0 Å². The smallest absolute Gasteiger partial charge is 0.116 e. The minimum absolute atomic E-state index is 0.282. The zero-order valence-corrected chi connectivity index (χ0v) is 16.4. The topological polar surface area (TPSA) is 39.6 Å². The number of nitrogens with zero attached hydrogens (tertiary/aromatic N) is 3. The lowest BCUT2D eigenvalue weighted by Gasteiger charge is -2.32. The van der Waals surface area contributed by atoms with E-state index in [1.165, 1.54) is 12.0 Å². The van der Waals surface area contributed by atoms with E-state index in [0.717, 1.165) is 37.4 Å². The van der Waals surface area contributed by atoms with Crippen molar-refractivity contribution in [1.29, 1.82) is 0 Å². The molecule has 0 aliphatic carbocycles. The number of pyridine rings is 1. The van der Waals surface area contributed by atoms with E-state index in [1.54, 1.807) is 12.1 Å². The van der Waals surface area contributed by atoms with E-state index in [-0.39, 0.29) is 5.75 Å². The molecule has 0 spiro atoms. The molecule has 1 fully saturated rings. The summed E-state index contributed by atoms with van der Waals surface area (Å²) < 4.78 is 0. The van der Waals surface area contributed by atoms with Crippen molar-refractivity contribution in [3.8, 4) is 17.0 Å². The van der Waals surface area contributed by atoms with Crippen LogP contribution in [0.2, 0.25) is 0 Å². The molecule has 0 saturated carbocycles. The fraction of sp³-hybridized carbons (Fsp3) is 0.500. The van der Waals surface area contributed by atoms with E-state index < -0.39 is 0 Å². The number of rotatable bonds is 6. The Morgan fingerprint density at radius 3 is 2.77 bits per heavy atom. The van der Waals surface area contributed by atoms with Crippen LogP contribution in [0, 0.1) is 5.41 Å². The fourth-order valence-corrected chi connectivity index (χ4v) is 4.28. The van der Waals surface area contributed by atoms with Crippen molar-refractivity contribution in [3.63, 3.8) is 0 Å². The maximum atomic E-state index is 9.72. The molecule has 1 saturated heterocycles. The standard InChI is InChI=1S/C22H31N3O/c1-22(2,15-24(3)4)16-25-11-9-19(14-25)17-8-10-23-21(13-17)18-6-5-7-20(26)12-18/h5-8,10,12-13,19,26H,9,11,14-16H2,1-4H3/t19-/m0/s1. The second-order valence-electron chi connectivity index (χ2n) is 8.65. The van der Waals surface area contributed by atoms with Gasteiger partial charge in [-0.3, -0.25) is 4.98 Å². The third-order valence-corrected chi connectivity index (χ3v) is 5.07. The normalized spacial score (nSPS) is 18.6. The summed E-state index contributed by atoms with van der Waals surface area (Å²) in [6.07, 6.45) is 3.09. The zero-order valence-electron chi connectivity index (χ0n) is 16.4. The van der Waals surface area contributed by atoms with Crippen LogP contribution < -0.4 is 0 Å². The number of phenolic OH excluding ortho intramolecular Hbond substituents is 1. The molecule has 1 atom stereocenters. The van der Waals surface area contributed by atoms with Crippen LogP contribution >= 0.6 is 0 Å². The second-order valence-corrected chi connectivity index (χ2v) is 8.65. The van der Waals surface area contributed by atoms with Gasteiger partial charge in [0.2, 0.25) is 0 Å². The van der Waals surface area contributed by atoms with Gasteiger partial charge in [0.05, 0.1) is 5.69 Å². The summed E-state index contributed by atoms with van der Waals surface area (Å²) in [5, 5.41) is 9.72. The van der Waals surface area contributed by atoms with Crippen LogP contribution in [0.1, 0.15) is 31.7 Å². The molecule has 0 unspecified atom stereocenters. The van der Waals surface area contributed by atoms with Crippen molar-refractivity contribution < 1.29 is 5.11 Å². The SMILES string of the molecule is CN(C)CC(C)(C)CN1CC[C@H](c2ccnc(-c3cccc(O)c3)c2)C1. The van der Waals surface area contributed by atoms with E-state index in [1.807, 2.05) is 18.3 Å². The van der Waals surface area contributed by atoms with Crippen LogP contribution in [0.3, 0.4) is 0 Å². The molecule has 2 aromatic rings. The van der Waals surface area contributed by atoms with Gasteiger partial charge in [0.1, 0.15) is 5.75 Å². The number of aromatic nitrogens is 1. The van der Waals surface area contributed by atoms with Crippen LogP contribution in [0.4, 0.5) is 0 Å². The van der Waals surface area contributed by atoms with Gasteiger partial charge in [-0.1, -0.05) is 26.0 Å². The molecule has 4 nitrogen and oxygen atoms in total. The highest BCUT2D eigenvalue weighted by atomic mass is 16.3. The molecule has 0 radical (unpaired) electrons. The van der Waals surface area contributed by atoms with E-state index in [4.69, 9.17) is 0 Å². The Morgan fingerprint density at radius 1 is 1.23 bits per heavy atom. The van der Waals surface area contributed by atoms with Crippen molar-refractivity contribution in [1.82, 2.24) is 14.8 Å². The first-order chi connectivity index (χ1) is 12.3. The molecule has 140 valence electrons. The third-order valence-electron chi connectivity index (χ3n) is 5.07.